The van der Waals surface area contributed by atoms with Crippen LogP contribution in [0.4, 0.5) is 0 Å². The molecule has 14 nitrogen and oxygen atoms in total. The third-order valence-corrected chi connectivity index (χ3v) is 10.4. The zero-order valence-corrected chi connectivity index (χ0v) is 33.2. The van der Waals surface area contributed by atoms with Crippen LogP contribution in [-0.4, -0.2) is 85.3 Å². The highest BCUT2D eigenvalue weighted by Gasteiger charge is 2.24. The molecule has 0 saturated heterocycles. The Hall–Kier alpha value is -6.05. The molecule has 0 aromatic carbocycles. The number of hydrogen-bond donors (Lipinski definition) is 2. The van der Waals surface area contributed by atoms with Crippen LogP contribution in [0.2, 0.25) is 0 Å². The predicted molar refractivity (Wildman–Crippen MR) is 210 cm³/mol. The van der Waals surface area contributed by atoms with Crippen molar-refractivity contribution in [3.05, 3.63) is 69.3 Å². The Morgan fingerprint density at radius 3 is 1.38 bits per heavy atom. The molecular weight excluding hydrogens is 720 g/mol. The quantitative estimate of drug-likeness (QED) is 0.137. The standard InChI is InChI=1S/C42H48N4O10/c1-22-25(9-13-38(47)52-4)33-19-32-24(3)27(11-15-40(49)54-6)35(45-32)21-37-29(17-42(51)56-8)28(12-16-41(50)55-7)36(46-37)20-34-26(10-14-39(48)53-5)23(2)31(44-34)18-30(22)43-33/h18-21,44,46H,9-17H2,1-8H3. The predicted octanol–water partition coefficient (Wildman–Crippen LogP) is 6.32. The molecule has 3 aromatic heterocycles. The number of allylic oxidation sites excluding steroid dienone is 4. The summed E-state index contributed by atoms with van der Waals surface area (Å²) in [4.78, 5) is 79.7. The van der Waals surface area contributed by atoms with Crippen molar-refractivity contribution in [3.8, 4) is 0 Å². The summed E-state index contributed by atoms with van der Waals surface area (Å²) >= 11 is 0. The van der Waals surface area contributed by atoms with Gasteiger partial charge in [0.2, 0.25) is 0 Å². The monoisotopic (exact) mass is 768 g/mol. The minimum Gasteiger partial charge on any atom is -0.469 e. The van der Waals surface area contributed by atoms with E-state index in [0.29, 0.717) is 69.7 Å². The Labute approximate surface area is 324 Å². The first-order valence-corrected chi connectivity index (χ1v) is 18.3. The van der Waals surface area contributed by atoms with E-state index < -0.39 is 11.9 Å². The van der Waals surface area contributed by atoms with Crippen LogP contribution in [0.5, 0.6) is 0 Å². The minimum absolute atomic E-state index is 0.0420. The van der Waals surface area contributed by atoms with Crippen molar-refractivity contribution in [1.29, 1.82) is 0 Å². The van der Waals surface area contributed by atoms with E-state index in [2.05, 4.69) is 9.97 Å². The van der Waals surface area contributed by atoms with Crippen LogP contribution in [0.15, 0.2) is 24.3 Å². The molecule has 296 valence electrons. The molecule has 8 bridgehead atoms. The van der Waals surface area contributed by atoms with Gasteiger partial charge in [-0.25, -0.2) is 9.97 Å². The van der Waals surface area contributed by atoms with E-state index in [1.54, 1.807) is 0 Å². The van der Waals surface area contributed by atoms with E-state index in [1.165, 1.54) is 35.5 Å². The molecule has 2 aliphatic rings. The first-order chi connectivity index (χ1) is 26.8. The van der Waals surface area contributed by atoms with E-state index in [1.807, 2.05) is 45.0 Å². The maximum Gasteiger partial charge on any atom is 0.310 e. The average Bonchev–Trinajstić information content (AvgIpc) is 3.86. The van der Waals surface area contributed by atoms with Gasteiger partial charge in [-0.2, -0.15) is 0 Å². The number of methoxy groups -OCH3 is 5. The Kier molecular flexibility index (Phi) is 13.3. The number of ether oxygens (including phenoxy) is 5. The summed E-state index contributed by atoms with van der Waals surface area (Å²) in [6, 6.07) is 7.58. The number of carbonyl (C=O) groups excluding carboxylic acids is 5. The van der Waals surface area contributed by atoms with Crippen molar-refractivity contribution in [2.75, 3.05) is 35.5 Å². The normalized spacial score (nSPS) is 12.4. The van der Waals surface area contributed by atoms with E-state index >= 15 is 0 Å². The fourth-order valence-corrected chi connectivity index (χ4v) is 7.11. The largest absolute Gasteiger partial charge is 0.469 e. The molecule has 5 heterocycles. The van der Waals surface area contributed by atoms with Gasteiger partial charge < -0.3 is 33.7 Å². The number of nitrogens with one attached hydrogen (secondary N) is 2. The molecule has 0 unspecified atom stereocenters. The van der Waals surface area contributed by atoms with Gasteiger partial charge >= 0.3 is 29.8 Å². The topological polar surface area (TPSA) is 189 Å². The molecule has 0 fully saturated rings. The number of H-pyrrole nitrogens is 2. The molecule has 0 amide bonds. The van der Waals surface area contributed by atoms with Crippen LogP contribution in [0.1, 0.15) is 97.4 Å². The first kappa shape index (κ1) is 41.1. The van der Waals surface area contributed by atoms with E-state index in [9.17, 15) is 24.0 Å². The molecule has 0 spiro atoms. The lowest BCUT2D eigenvalue weighted by atomic mass is 9.98. The summed E-state index contributed by atoms with van der Waals surface area (Å²) in [6.07, 6.45) is 1.61. The van der Waals surface area contributed by atoms with Crippen LogP contribution >= 0.6 is 0 Å². The zero-order chi connectivity index (χ0) is 40.7. The fraction of sp³-hybridized carbons (Fsp3) is 0.405. The Morgan fingerprint density at radius 1 is 0.464 bits per heavy atom. The van der Waals surface area contributed by atoms with E-state index in [4.69, 9.17) is 33.7 Å². The summed E-state index contributed by atoms with van der Waals surface area (Å²) in [5.74, 6) is -1.99. The molecule has 2 N–H and O–H groups in total. The third kappa shape index (κ3) is 9.07. The van der Waals surface area contributed by atoms with Crippen LogP contribution in [0, 0.1) is 6.92 Å². The fourth-order valence-electron chi connectivity index (χ4n) is 7.11. The highest BCUT2D eigenvalue weighted by molar-refractivity contribution is 5.97. The smallest absolute Gasteiger partial charge is 0.310 e. The van der Waals surface area contributed by atoms with Gasteiger partial charge in [-0.3, -0.25) is 24.0 Å². The number of carbonyl (C=O) groups is 5. The molecule has 0 aliphatic carbocycles. The van der Waals surface area contributed by atoms with E-state index in [0.717, 1.165) is 38.9 Å². The van der Waals surface area contributed by atoms with Crippen molar-refractivity contribution in [2.45, 2.75) is 78.6 Å². The van der Waals surface area contributed by atoms with Gasteiger partial charge in [0.15, 0.2) is 0 Å². The van der Waals surface area contributed by atoms with Crippen molar-refractivity contribution in [3.63, 3.8) is 0 Å². The van der Waals surface area contributed by atoms with Crippen LogP contribution in [-0.2, 0) is 66.9 Å². The zero-order valence-electron chi connectivity index (χ0n) is 33.2. The molecular formula is C42H48N4O10. The van der Waals surface area contributed by atoms with Crippen molar-refractivity contribution in [1.82, 2.24) is 19.9 Å². The third-order valence-electron chi connectivity index (χ3n) is 10.4. The number of hydrogen-bond acceptors (Lipinski definition) is 12. The van der Waals surface area contributed by atoms with Gasteiger partial charge in [0.25, 0.3) is 0 Å². The summed E-state index contributed by atoms with van der Waals surface area (Å²) in [5.41, 5.74) is 11.6. The number of esters is 5. The molecule has 56 heavy (non-hydrogen) atoms. The lowest BCUT2D eigenvalue weighted by Gasteiger charge is -2.06. The van der Waals surface area contributed by atoms with Gasteiger partial charge in [0, 0.05) is 47.8 Å². The molecule has 0 radical (unpaired) electrons. The maximum atomic E-state index is 13.0. The molecule has 2 aliphatic heterocycles. The van der Waals surface area contributed by atoms with Gasteiger partial charge in [-0.05, 0) is 115 Å². The Morgan fingerprint density at radius 2 is 0.857 bits per heavy atom. The highest BCUT2D eigenvalue weighted by atomic mass is 16.5. The maximum absolute atomic E-state index is 13.0. The number of nitrogens with zero attached hydrogens (tertiary/aromatic N) is 2. The van der Waals surface area contributed by atoms with Crippen molar-refractivity contribution >= 4 is 74.2 Å². The van der Waals surface area contributed by atoms with Crippen LogP contribution in [0.25, 0.3) is 44.4 Å². The number of rotatable bonds is 14. The molecule has 3 aromatic rings. The van der Waals surface area contributed by atoms with E-state index in [-0.39, 0.29) is 56.4 Å². The number of fused-ring (bicyclic) bond motifs is 8. The van der Waals surface area contributed by atoms with Gasteiger partial charge in [-0.1, -0.05) is 0 Å². The second kappa shape index (κ2) is 18.1. The Bertz CT molecular complexity index is 2310. The SMILES string of the molecule is COC(=O)CCC1=C(C)c2cc3[nH]c(cc4[nH]c(cc5nc(cc1n2)C(C)=C5CCC(=O)OC)c(CC(=O)OC)c4CCC(=O)OC)c(CCC(=O)OC)c3C. The summed E-state index contributed by atoms with van der Waals surface area (Å²) < 4.78 is 25.0. The molecule has 0 saturated carbocycles. The lowest BCUT2D eigenvalue weighted by Crippen LogP contribution is -2.07. The van der Waals surface area contributed by atoms with Crippen LogP contribution < -0.4 is 0 Å². The second-order valence-corrected chi connectivity index (χ2v) is 13.6. The first-order valence-electron chi connectivity index (χ1n) is 18.3. The number of aromatic amines is 2. The highest BCUT2D eigenvalue weighted by Crippen LogP contribution is 2.38. The number of aryl methyl sites for hydroxylation is 3. The molecule has 5 rings (SSSR count). The molecule has 14 heteroatoms. The Balaban J connectivity index is 1.94. The summed E-state index contributed by atoms with van der Waals surface area (Å²) in [6.45, 7) is 5.86. The summed E-state index contributed by atoms with van der Waals surface area (Å²) in [7, 11) is 6.68. The van der Waals surface area contributed by atoms with Gasteiger partial charge in [0.05, 0.1) is 64.7 Å². The molecule has 0 atom stereocenters. The second-order valence-electron chi connectivity index (χ2n) is 13.6. The van der Waals surface area contributed by atoms with Crippen molar-refractivity contribution < 1.29 is 47.7 Å². The van der Waals surface area contributed by atoms with Crippen molar-refractivity contribution in [2.24, 2.45) is 0 Å². The van der Waals surface area contributed by atoms with Gasteiger partial charge in [0.1, 0.15) is 0 Å². The van der Waals surface area contributed by atoms with Gasteiger partial charge in [-0.15, -0.1) is 0 Å². The number of aromatic nitrogens is 4. The van der Waals surface area contributed by atoms with Crippen LogP contribution in [0.3, 0.4) is 0 Å². The minimum atomic E-state index is -0.485. The summed E-state index contributed by atoms with van der Waals surface area (Å²) in [5, 5.41) is 0. The average molecular weight is 769 g/mol. The lowest BCUT2D eigenvalue weighted by molar-refractivity contribution is -0.141.